The van der Waals surface area contributed by atoms with Crippen molar-refractivity contribution in [2.24, 2.45) is 0 Å². The van der Waals surface area contributed by atoms with Crippen LogP contribution in [-0.4, -0.2) is 11.0 Å². The molecule has 1 rings (SSSR count). The van der Waals surface area contributed by atoms with E-state index in [2.05, 4.69) is 4.98 Å². The largest absolute Gasteiger partial charge is 0.545 e. The van der Waals surface area contributed by atoms with E-state index in [4.69, 9.17) is 0 Å². The van der Waals surface area contributed by atoms with E-state index in [-0.39, 0.29) is 0 Å². The Morgan fingerprint density at radius 3 is 2.71 bits per heavy atom. The summed E-state index contributed by atoms with van der Waals surface area (Å²) in [6, 6.07) is 3.61. The van der Waals surface area contributed by atoms with E-state index in [0.29, 0.717) is 12.0 Å². The molecule has 14 heavy (non-hydrogen) atoms. The van der Waals surface area contributed by atoms with Gasteiger partial charge in [-0.1, -0.05) is 13.0 Å². The highest BCUT2D eigenvalue weighted by molar-refractivity contribution is 5.94. The Bertz CT molecular complexity index is 355. The number of aliphatic carboxylic acids is 1. The third-order valence-electron chi connectivity index (χ3n) is 2.15. The predicted octanol–water partition coefficient (Wildman–Crippen LogP) is 1.02. The maximum Gasteiger partial charge on any atom is 0.0677 e. The minimum absolute atomic E-state index is 0.331. The summed E-state index contributed by atoms with van der Waals surface area (Å²) in [7, 11) is 0. The molecular formula is C11H12NO2-. The third kappa shape index (κ3) is 2.19. The van der Waals surface area contributed by atoms with Crippen LogP contribution in [-0.2, 0) is 4.79 Å². The molecule has 0 aromatic carbocycles. The average Bonchev–Trinajstić information content (AvgIpc) is 2.19. The number of carbonyl (C=O) groups excluding carboxylic acids is 1. The molecule has 0 amide bonds. The Kier molecular flexibility index (Phi) is 3.40. The molecule has 0 aliphatic carbocycles. The highest BCUT2D eigenvalue weighted by atomic mass is 16.4. The fourth-order valence-corrected chi connectivity index (χ4v) is 1.32. The van der Waals surface area contributed by atoms with E-state index in [1.165, 1.54) is 0 Å². The molecule has 0 unspecified atom stereocenters. The molecule has 0 spiro atoms. The lowest BCUT2D eigenvalue weighted by Crippen LogP contribution is -2.24. The van der Waals surface area contributed by atoms with Crippen LogP contribution in [0, 0.1) is 0 Å². The molecule has 1 aromatic rings. The summed E-state index contributed by atoms with van der Waals surface area (Å²) < 4.78 is 0. The SMILES string of the molecule is CC/C(C(=O)[O-])=C(/C)c1cccnc1. The fourth-order valence-electron chi connectivity index (χ4n) is 1.32. The van der Waals surface area contributed by atoms with Crippen LogP contribution in [0.5, 0.6) is 0 Å². The Balaban J connectivity index is 3.15. The van der Waals surface area contributed by atoms with Gasteiger partial charge in [-0.3, -0.25) is 4.98 Å². The van der Waals surface area contributed by atoms with Crippen LogP contribution in [0.4, 0.5) is 0 Å². The summed E-state index contributed by atoms with van der Waals surface area (Å²) in [5.74, 6) is -1.10. The molecule has 74 valence electrons. The maximum absolute atomic E-state index is 10.8. The normalized spacial score (nSPS) is 12.1. The number of pyridine rings is 1. The lowest BCUT2D eigenvalue weighted by molar-refractivity contribution is -0.299. The minimum atomic E-state index is -1.10. The van der Waals surface area contributed by atoms with Crippen LogP contribution < -0.4 is 5.11 Å². The number of carboxylic acids is 1. The standard InChI is InChI=1S/C11H13NO2/c1-3-10(11(13)14)8(2)9-5-4-6-12-7-9/h4-7H,3H2,1-2H3,(H,13,14)/p-1/b10-8+. The number of allylic oxidation sites excluding steroid dienone is 1. The molecule has 0 fully saturated rings. The van der Waals surface area contributed by atoms with Gasteiger partial charge in [-0.2, -0.15) is 0 Å². The zero-order valence-corrected chi connectivity index (χ0v) is 8.28. The van der Waals surface area contributed by atoms with Crippen molar-refractivity contribution >= 4 is 11.5 Å². The van der Waals surface area contributed by atoms with E-state index in [9.17, 15) is 9.90 Å². The van der Waals surface area contributed by atoms with Crippen LogP contribution in [0.2, 0.25) is 0 Å². The number of nitrogens with zero attached hydrogens (tertiary/aromatic N) is 1. The monoisotopic (exact) mass is 190 g/mol. The van der Waals surface area contributed by atoms with Gasteiger partial charge < -0.3 is 9.90 Å². The minimum Gasteiger partial charge on any atom is -0.545 e. The van der Waals surface area contributed by atoms with Crippen molar-refractivity contribution in [2.45, 2.75) is 20.3 Å². The Labute approximate surface area is 83.1 Å². The van der Waals surface area contributed by atoms with Gasteiger partial charge >= 0.3 is 0 Å². The molecule has 0 saturated heterocycles. The number of aromatic nitrogens is 1. The smallest absolute Gasteiger partial charge is 0.0677 e. The summed E-state index contributed by atoms with van der Waals surface area (Å²) in [4.78, 5) is 14.7. The zero-order valence-electron chi connectivity index (χ0n) is 8.28. The summed E-state index contributed by atoms with van der Waals surface area (Å²) in [6.07, 6.45) is 3.76. The molecule has 3 nitrogen and oxygen atoms in total. The van der Waals surface area contributed by atoms with E-state index in [1.807, 2.05) is 6.07 Å². The van der Waals surface area contributed by atoms with E-state index in [0.717, 1.165) is 11.1 Å². The van der Waals surface area contributed by atoms with Gasteiger partial charge in [0.2, 0.25) is 0 Å². The average molecular weight is 190 g/mol. The van der Waals surface area contributed by atoms with Crippen LogP contribution in [0.1, 0.15) is 25.8 Å². The van der Waals surface area contributed by atoms with Gasteiger partial charge in [-0.15, -0.1) is 0 Å². The van der Waals surface area contributed by atoms with Crippen LogP contribution in [0.3, 0.4) is 0 Å². The topological polar surface area (TPSA) is 53.0 Å². The van der Waals surface area contributed by atoms with Crippen molar-refractivity contribution in [2.75, 3.05) is 0 Å². The highest BCUT2D eigenvalue weighted by Gasteiger charge is 2.03. The molecule has 0 bridgehead atoms. The van der Waals surface area contributed by atoms with Crippen molar-refractivity contribution in [3.8, 4) is 0 Å². The second-order valence-corrected chi connectivity index (χ2v) is 2.99. The second kappa shape index (κ2) is 4.56. The number of rotatable bonds is 3. The van der Waals surface area contributed by atoms with Gasteiger partial charge in [-0.05, 0) is 36.1 Å². The Morgan fingerprint density at radius 2 is 2.29 bits per heavy atom. The van der Waals surface area contributed by atoms with Gasteiger partial charge in [0.1, 0.15) is 0 Å². The van der Waals surface area contributed by atoms with Gasteiger partial charge in [0.15, 0.2) is 0 Å². The molecule has 3 heteroatoms. The molecular weight excluding hydrogens is 178 g/mol. The van der Waals surface area contributed by atoms with Crippen LogP contribution >= 0.6 is 0 Å². The number of carboxylic acid groups (broad SMARTS) is 1. The zero-order chi connectivity index (χ0) is 10.6. The van der Waals surface area contributed by atoms with E-state index >= 15 is 0 Å². The van der Waals surface area contributed by atoms with Crippen LogP contribution in [0.15, 0.2) is 30.1 Å². The fraction of sp³-hybridized carbons (Fsp3) is 0.273. The molecule has 0 aliphatic heterocycles. The van der Waals surface area contributed by atoms with E-state index in [1.54, 1.807) is 32.3 Å². The van der Waals surface area contributed by atoms with E-state index < -0.39 is 5.97 Å². The summed E-state index contributed by atoms with van der Waals surface area (Å²) in [5, 5.41) is 10.8. The molecule has 1 aromatic heterocycles. The lowest BCUT2D eigenvalue weighted by atomic mass is 10.0. The third-order valence-corrected chi connectivity index (χ3v) is 2.15. The molecule has 1 heterocycles. The summed E-state index contributed by atoms with van der Waals surface area (Å²) in [5.41, 5.74) is 1.88. The van der Waals surface area contributed by atoms with Crippen molar-refractivity contribution in [3.05, 3.63) is 35.7 Å². The first-order valence-electron chi connectivity index (χ1n) is 4.48. The summed E-state index contributed by atoms with van der Waals surface area (Å²) >= 11 is 0. The van der Waals surface area contributed by atoms with Gasteiger partial charge in [0.05, 0.1) is 5.97 Å². The van der Waals surface area contributed by atoms with Crippen molar-refractivity contribution in [3.63, 3.8) is 0 Å². The number of hydrogen-bond donors (Lipinski definition) is 0. The Morgan fingerprint density at radius 1 is 1.57 bits per heavy atom. The molecule has 0 atom stereocenters. The molecule has 0 radical (unpaired) electrons. The highest BCUT2D eigenvalue weighted by Crippen LogP contribution is 2.18. The second-order valence-electron chi connectivity index (χ2n) is 2.99. The van der Waals surface area contributed by atoms with Crippen molar-refractivity contribution in [1.82, 2.24) is 4.98 Å². The van der Waals surface area contributed by atoms with Gasteiger partial charge in [-0.25, -0.2) is 0 Å². The molecule has 0 saturated carbocycles. The van der Waals surface area contributed by atoms with Gasteiger partial charge in [0.25, 0.3) is 0 Å². The van der Waals surface area contributed by atoms with Gasteiger partial charge in [0, 0.05) is 12.4 Å². The lowest BCUT2D eigenvalue weighted by Gasteiger charge is -2.10. The number of hydrogen-bond acceptors (Lipinski definition) is 3. The quantitative estimate of drug-likeness (QED) is 0.668. The summed E-state index contributed by atoms with van der Waals surface area (Å²) in [6.45, 7) is 3.57. The first kappa shape index (κ1) is 10.4. The van der Waals surface area contributed by atoms with Crippen molar-refractivity contribution < 1.29 is 9.90 Å². The number of carbonyl (C=O) groups is 1. The maximum atomic E-state index is 10.8. The first-order valence-corrected chi connectivity index (χ1v) is 4.48. The van der Waals surface area contributed by atoms with Crippen LogP contribution in [0.25, 0.3) is 5.57 Å². The van der Waals surface area contributed by atoms with Crippen molar-refractivity contribution in [1.29, 1.82) is 0 Å². The molecule has 0 aliphatic rings. The Hall–Kier alpha value is -1.64. The molecule has 0 N–H and O–H groups in total. The first-order chi connectivity index (χ1) is 6.66. The predicted molar refractivity (Wildman–Crippen MR) is 52.1 cm³/mol.